The molecule has 0 fully saturated rings. The van der Waals surface area contributed by atoms with E-state index in [-0.39, 0.29) is 27.9 Å². The highest BCUT2D eigenvalue weighted by Crippen LogP contribution is 2.33. The van der Waals surface area contributed by atoms with Gasteiger partial charge in [-0.2, -0.15) is 23.0 Å². The van der Waals surface area contributed by atoms with Crippen LogP contribution < -0.4 is 21.6 Å². The number of carbonyl (C=O) groups is 1. The molecule has 5 rings (SSSR count). The lowest BCUT2D eigenvalue weighted by Crippen LogP contribution is -2.22. The quantitative estimate of drug-likeness (QED) is 0.266. The SMILES string of the molecule is N=c1ncn(O)c2c1c(=O)ccn2-c1ccc(NC(=O)Nc2cc(C(F)(F)F)ccc2-n2cccn2)cc1. The maximum Gasteiger partial charge on any atom is 0.416 e. The summed E-state index contributed by atoms with van der Waals surface area (Å²) in [7, 11) is 0. The van der Waals surface area contributed by atoms with Crippen LogP contribution in [0, 0.1) is 5.41 Å². The summed E-state index contributed by atoms with van der Waals surface area (Å²) in [5.41, 5.74) is -0.791. The highest BCUT2D eigenvalue weighted by Gasteiger charge is 2.31. The van der Waals surface area contributed by atoms with Gasteiger partial charge in [0, 0.05) is 36.0 Å². The summed E-state index contributed by atoms with van der Waals surface area (Å²) in [6, 6.07) is 11.1. The zero-order valence-electron chi connectivity index (χ0n) is 19.1. The van der Waals surface area contributed by atoms with E-state index >= 15 is 0 Å². The fourth-order valence-electron chi connectivity index (χ4n) is 3.83. The molecule has 0 atom stereocenters. The van der Waals surface area contributed by atoms with Crippen molar-refractivity contribution in [3.8, 4) is 11.4 Å². The Bertz CT molecular complexity index is 1760. The Kier molecular flexibility index (Phi) is 5.91. The zero-order valence-corrected chi connectivity index (χ0v) is 19.1. The number of amides is 2. The molecular weight excluding hydrogens is 505 g/mol. The van der Waals surface area contributed by atoms with Gasteiger partial charge in [-0.25, -0.2) is 14.5 Å². The number of halogens is 3. The molecule has 192 valence electrons. The Morgan fingerprint density at radius 3 is 2.47 bits per heavy atom. The second-order valence-corrected chi connectivity index (χ2v) is 7.99. The first-order valence-corrected chi connectivity index (χ1v) is 10.9. The van der Waals surface area contributed by atoms with Gasteiger partial charge in [-0.3, -0.25) is 14.8 Å². The number of alkyl halides is 3. The summed E-state index contributed by atoms with van der Waals surface area (Å²) < 4.78 is 43.2. The molecule has 2 aromatic carbocycles. The summed E-state index contributed by atoms with van der Waals surface area (Å²) in [5, 5.41) is 27.0. The maximum absolute atomic E-state index is 13.3. The molecule has 0 aliphatic rings. The number of nitrogens with one attached hydrogen (secondary N) is 3. The number of hydrogen-bond donors (Lipinski definition) is 4. The molecule has 5 aromatic rings. The number of anilines is 2. The second-order valence-electron chi connectivity index (χ2n) is 7.99. The molecule has 4 N–H and O–H groups in total. The van der Waals surface area contributed by atoms with Gasteiger partial charge in [0.25, 0.3) is 0 Å². The van der Waals surface area contributed by atoms with Gasteiger partial charge in [-0.15, -0.1) is 0 Å². The third kappa shape index (κ3) is 4.57. The molecule has 0 bridgehead atoms. The minimum absolute atomic E-state index is 0.0200. The van der Waals surface area contributed by atoms with Crippen LogP contribution in [0.15, 0.2) is 84.3 Å². The molecule has 11 nitrogen and oxygen atoms in total. The normalized spacial score (nSPS) is 11.4. The first kappa shape index (κ1) is 24.3. The number of aromatic nitrogens is 5. The van der Waals surface area contributed by atoms with Crippen molar-refractivity contribution >= 4 is 28.4 Å². The lowest BCUT2D eigenvalue weighted by molar-refractivity contribution is -0.137. The largest absolute Gasteiger partial charge is 0.425 e. The Morgan fingerprint density at radius 1 is 1.03 bits per heavy atom. The van der Waals surface area contributed by atoms with Crippen LogP contribution in [0.25, 0.3) is 22.4 Å². The molecule has 3 aromatic heterocycles. The standard InChI is InChI=1S/C24H17F3N8O3/c25-24(26,27)14-2-7-18(34-10-1-9-30-34)17(12-14)32-23(37)31-15-3-5-16(6-4-15)33-11-8-19(36)20-21(28)29-13-35(38)22(20)33/h1-13,28,38H,(H2,31,32,37). The second kappa shape index (κ2) is 9.24. The maximum atomic E-state index is 13.3. The van der Waals surface area contributed by atoms with E-state index in [9.17, 15) is 28.0 Å². The monoisotopic (exact) mass is 522 g/mol. The summed E-state index contributed by atoms with van der Waals surface area (Å²) in [5.74, 6) is 0. The van der Waals surface area contributed by atoms with Gasteiger partial charge < -0.3 is 15.8 Å². The third-order valence-electron chi connectivity index (χ3n) is 5.55. The van der Waals surface area contributed by atoms with Crippen LogP contribution in [0.1, 0.15) is 5.56 Å². The van der Waals surface area contributed by atoms with Crippen molar-refractivity contribution in [3.05, 3.63) is 101 Å². The molecule has 2 amide bonds. The van der Waals surface area contributed by atoms with Gasteiger partial charge in [0.2, 0.25) is 0 Å². The average Bonchev–Trinajstić information content (AvgIpc) is 3.41. The van der Waals surface area contributed by atoms with Gasteiger partial charge in [-0.05, 0) is 48.5 Å². The van der Waals surface area contributed by atoms with E-state index in [1.54, 1.807) is 18.2 Å². The molecule has 0 spiro atoms. The lowest BCUT2D eigenvalue weighted by atomic mass is 10.1. The predicted octanol–water partition coefficient (Wildman–Crippen LogP) is 3.75. The molecule has 38 heavy (non-hydrogen) atoms. The minimum Gasteiger partial charge on any atom is -0.425 e. The van der Waals surface area contributed by atoms with Crippen LogP contribution in [-0.2, 0) is 6.18 Å². The lowest BCUT2D eigenvalue weighted by Gasteiger charge is -2.16. The molecular formula is C24H17F3N8O3. The van der Waals surface area contributed by atoms with E-state index in [1.807, 2.05) is 0 Å². The summed E-state index contributed by atoms with van der Waals surface area (Å²) in [6.07, 6.45) is 0.777. The van der Waals surface area contributed by atoms with Gasteiger partial charge in [0.1, 0.15) is 11.7 Å². The summed E-state index contributed by atoms with van der Waals surface area (Å²) in [6.45, 7) is 0. The van der Waals surface area contributed by atoms with E-state index in [0.717, 1.165) is 18.5 Å². The average molecular weight is 522 g/mol. The van der Waals surface area contributed by atoms with Gasteiger partial charge in [0.05, 0.1) is 16.9 Å². The van der Waals surface area contributed by atoms with E-state index < -0.39 is 23.2 Å². The molecule has 0 aliphatic heterocycles. The van der Waals surface area contributed by atoms with Crippen molar-refractivity contribution in [2.45, 2.75) is 6.18 Å². The van der Waals surface area contributed by atoms with Crippen LogP contribution in [0.2, 0.25) is 0 Å². The first-order valence-electron chi connectivity index (χ1n) is 10.9. The Morgan fingerprint density at radius 2 is 1.79 bits per heavy atom. The Balaban J connectivity index is 1.41. The number of rotatable bonds is 4. The van der Waals surface area contributed by atoms with Crippen LogP contribution in [0.3, 0.4) is 0 Å². The van der Waals surface area contributed by atoms with Crippen LogP contribution in [0.4, 0.5) is 29.3 Å². The minimum atomic E-state index is -4.61. The van der Waals surface area contributed by atoms with E-state index in [1.165, 1.54) is 52.1 Å². The van der Waals surface area contributed by atoms with E-state index in [0.29, 0.717) is 16.1 Å². The molecule has 14 heteroatoms. The van der Waals surface area contributed by atoms with E-state index in [4.69, 9.17) is 5.41 Å². The third-order valence-corrected chi connectivity index (χ3v) is 5.55. The van der Waals surface area contributed by atoms with Crippen molar-refractivity contribution in [1.29, 1.82) is 5.41 Å². The first-order chi connectivity index (χ1) is 18.1. The van der Waals surface area contributed by atoms with Crippen LogP contribution in [-0.4, -0.2) is 35.3 Å². The van der Waals surface area contributed by atoms with E-state index in [2.05, 4.69) is 20.7 Å². The van der Waals surface area contributed by atoms with Crippen molar-refractivity contribution < 1.29 is 23.2 Å². The number of nitrogens with zero attached hydrogens (tertiary/aromatic N) is 5. The Hall–Kier alpha value is -5.40. The van der Waals surface area contributed by atoms with Crippen molar-refractivity contribution in [3.63, 3.8) is 0 Å². The number of benzene rings is 2. The van der Waals surface area contributed by atoms with Crippen LogP contribution in [0.5, 0.6) is 0 Å². The highest BCUT2D eigenvalue weighted by molar-refractivity contribution is 6.01. The summed E-state index contributed by atoms with van der Waals surface area (Å²) in [4.78, 5) is 28.6. The number of carbonyl (C=O) groups excluding carboxylic acids is 1. The molecule has 3 heterocycles. The van der Waals surface area contributed by atoms with Crippen molar-refractivity contribution in [2.24, 2.45) is 0 Å². The number of fused-ring (bicyclic) bond motifs is 1. The number of urea groups is 1. The van der Waals surface area contributed by atoms with Gasteiger partial charge in [0.15, 0.2) is 16.6 Å². The highest BCUT2D eigenvalue weighted by atomic mass is 19.4. The molecule has 0 saturated heterocycles. The van der Waals surface area contributed by atoms with Gasteiger partial charge >= 0.3 is 12.2 Å². The Labute approximate surface area is 210 Å². The van der Waals surface area contributed by atoms with Crippen molar-refractivity contribution in [2.75, 3.05) is 10.6 Å². The number of hydrogen-bond acceptors (Lipinski definition) is 6. The summed E-state index contributed by atoms with van der Waals surface area (Å²) >= 11 is 0. The molecule has 0 unspecified atom stereocenters. The topological polar surface area (TPSA) is 143 Å². The predicted molar refractivity (Wildman–Crippen MR) is 130 cm³/mol. The molecule has 0 radical (unpaired) electrons. The molecule has 0 saturated carbocycles. The number of pyridine rings is 1. The zero-order chi connectivity index (χ0) is 27.0. The fourth-order valence-corrected chi connectivity index (χ4v) is 3.83. The van der Waals surface area contributed by atoms with Crippen LogP contribution >= 0.6 is 0 Å². The molecule has 0 aliphatic carbocycles. The smallest absolute Gasteiger partial charge is 0.416 e. The van der Waals surface area contributed by atoms with Crippen molar-refractivity contribution in [1.82, 2.24) is 24.1 Å². The van der Waals surface area contributed by atoms with Gasteiger partial charge in [-0.1, -0.05) is 0 Å². The fraction of sp³-hybridized carbons (Fsp3) is 0.0417.